The maximum atomic E-state index is 12.7. The summed E-state index contributed by atoms with van der Waals surface area (Å²) in [4.78, 5) is 11.6. The van der Waals surface area contributed by atoms with Crippen molar-refractivity contribution in [2.45, 2.75) is 6.18 Å². The summed E-state index contributed by atoms with van der Waals surface area (Å²) in [5, 5.41) is 0.925. The maximum absolute atomic E-state index is 12.7. The van der Waals surface area contributed by atoms with Crippen LogP contribution < -0.4 is 9.26 Å². The van der Waals surface area contributed by atoms with Gasteiger partial charge in [0.1, 0.15) is 5.75 Å². The second-order valence-corrected chi connectivity index (χ2v) is 5.53. The first-order chi connectivity index (χ1) is 11.5. The number of rotatable bonds is 4. The average Bonchev–Trinajstić information content (AvgIpc) is 3.06. The summed E-state index contributed by atoms with van der Waals surface area (Å²) in [5.74, 6) is 0.764. The van der Waals surface area contributed by atoms with Crippen LogP contribution in [-0.4, -0.2) is 15.0 Å². The molecule has 0 amide bonds. The highest BCUT2D eigenvalue weighted by atomic mass is 32.1. The highest BCUT2D eigenvalue weighted by molar-refractivity contribution is 7.13. The van der Waals surface area contributed by atoms with Crippen LogP contribution in [0.25, 0.3) is 10.8 Å². The molecule has 0 aliphatic rings. The molecule has 0 saturated heterocycles. The number of hydrogen-bond donors (Lipinski definition) is 0. The Labute approximate surface area is 140 Å². The van der Waals surface area contributed by atoms with Gasteiger partial charge in [-0.3, -0.25) is 0 Å². The van der Waals surface area contributed by atoms with E-state index in [0.717, 1.165) is 16.7 Å². The third kappa shape index (κ3) is 3.80. The number of aromatic nitrogens is 3. The second-order valence-electron chi connectivity index (χ2n) is 4.44. The van der Waals surface area contributed by atoms with Gasteiger partial charge in [-0.1, -0.05) is 18.2 Å². The lowest BCUT2D eigenvalue weighted by Crippen LogP contribution is -2.05. The summed E-state index contributed by atoms with van der Waals surface area (Å²) in [7, 11) is 2.01. The van der Waals surface area contributed by atoms with E-state index >= 15 is 0 Å². The maximum Gasteiger partial charge on any atom is 0.434 e. The molecule has 0 spiro atoms. The zero-order valence-electron chi connectivity index (χ0n) is 11.8. The molecule has 0 aliphatic carbocycles. The summed E-state index contributed by atoms with van der Waals surface area (Å²) in [5.41, 5.74) is -0.992. The lowest BCUT2D eigenvalue weighted by atomic mass is 10.3. The normalized spacial score (nSPS) is 11.3. The number of benzene rings is 1. The quantitative estimate of drug-likeness (QED) is 0.629. The molecule has 2 heterocycles. The van der Waals surface area contributed by atoms with E-state index in [1.165, 1.54) is 6.07 Å². The van der Waals surface area contributed by atoms with Crippen molar-refractivity contribution in [1.29, 1.82) is 0 Å². The predicted molar refractivity (Wildman–Crippen MR) is 85.0 cm³/mol. The molecule has 0 N–H and O–H groups in total. The Balaban J connectivity index is 1.96. The molecule has 0 radical (unpaired) electrons. The zero-order chi connectivity index (χ0) is 17.2. The van der Waals surface area contributed by atoms with Crippen LogP contribution in [-0.2, 0) is 6.18 Å². The van der Waals surface area contributed by atoms with Crippen molar-refractivity contribution < 1.29 is 22.4 Å². The van der Waals surface area contributed by atoms with Crippen LogP contribution in [0.2, 0.25) is 0 Å². The van der Waals surface area contributed by atoms with Gasteiger partial charge in [0.2, 0.25) is 11.8 Å². The molecule has 0 aliphatic heterocycles. The molecule has 24 heavy (non-hydrogen) atoms. The number of ether oxygens (including phenoxy) is 1. The lowest BCUT2D eigenvalue weighted by molar-refractivity contribution is -0.140. The fraction of sp³-hybridized carbons (Fsp3) is 0.0714. The summed E-state index contributed by atoms with van der Waals surface area (Å²) in [6.45, 7) is 0. The van der Waals surface area contributed by atoms with E-state index in [-0.39, 0.29) is 22.6 Å². The van der Waals surface area contributed by atoms with Gasteiger partial charge in [0.25, 0.3) is 0 Å². The number of nitrogens with zero attached hydrogens (tertiary/aromatic N) is 3. The van der Waals surface area contributed by atoms with Gasteiger partial charge < -0.3 is 9.26 Å². The number of halogens is 3. The minimum Gasteiger partial charge on any atom is -0.463 e. The molecule has 3 aromatic rings. The third-order valence-corrected chi connectivity index (χ3v) is 3.83. The highest BCUT2D eigenvalue weighted by Crippen LogP contribution is 2.34. The topological polar surface area (TPSA) is 57.1 Å². The molecular weight excluding hydrogens is 362 g/mol. The van der Waals surface area contributed by atoms with Crippen LogP contribution in [0.4, 0.5) is 13.2 Å². The van der Waals surface area contributed by atoms with Crippen molar-refractivity contribution in [1.82, 2.24) is 15.0 Å². The Morgan fingerprint density at radius 1 is 1.00 bits per heavy atom. The SMILES string of the molecule is FC(F)(F)c1csc(-c2nc(OP)cc(Oc3ccccc3)n2)n1. The van der Waals surface area contributed by atoms with Gasteiger partial charge in [0, 0.05) is 5.38 Å². The molecular formula is C14H9F3N3O2PS. The molecule has 2 aromatic heterocycles. The third-order valence-electron chi connectivity index (χ3n) is 2.75. The van der Waals surface area contributed by atoms with E-state index in [0.29, 0.717) is 5.75 Å². The van der Waals surface area contributed by atoms with Gasteiger partial charge in [-0.05, 0) is 12.1 Å². The van der Waals surface area contributed by atoms with Crippen LogP contribution in [0.15, 0.2) is 41.8 Å². The summed E-state index contributed by atoms with van der Waals surface area (Å²) < 4.78 is 48.6. The Morgan fingerprint density at radius 3 is 2.33 bits per heavy atom. The van der Waals surface area contributed by atoms with Crippen LogP contribution in [0.5, 0.6) is 17.5 Å². The van der Waals surface area contributed by atoms with E-state index < -0.39 is 11.9 Å². The fourth-order valence-corrected chi connectivity index (χ4v) is 2.61. The van der Waals surface area contributed by atoms with Gasteiger partial charge in [0.05, 0.1) is 15.5 Å². The summed E-state index contributed by atoms with van der Waals surface area (Å²) >= 11 is 0.790. The van der Waals surface area contributed by atoms with Crippen molar-refractivity contribution >= 4 is 20.8 Å². The number of thiazole rings is 1. The number of alkyl halides is 3. The molecule has 10 heteroatoms. The first-order valence-corrected chi connectivity index (χ1v) is 7.82. The van der Waals surface area contributed by atoms with Gasteiger partial charge in [0.15, 0.2) is 16.5 Å². The van der Waals surface area contributed by atoms with E-state index in [4.69, 9.17) is 9.26 Å². The predicted octanol–water partition coefficient (Wildman–Crippen LogP) is 4.58. The Kier molecular flexibility index (Phi) is 4.64. The first-order valence-electron chi connectivity index (χ1n) is 6.47. The van der Waals surface area contributed by atoms with E-state index in [2.05, 4.69) is 15.0 Å². The molecule has 1 aromatic carbocycles. The second kappa shape index (κ2) is 6.70. The molecule has 0 bridgehead atoms. The number of para-hydroxylation sites is 1. The van der Waals surface area contributed by atoms with E-state index in [1.807, 2.05) is 15.5 Å². The average molecular weight is 371 g/mol. The molecule has 1 atom stereocenters. The van der Waals surface area contributed by atoms with Crippen LogP contribution in [0.3, 0.4) is 0 Å². The zero-order valence-corrected chi connectivity index (χ0v) is 13.8. The summed E-state index contributed by atoms with van der Waals surface area (Å²) in [6.07, 6.45) is -4.52. The van der Waals surface area contributed by atoms with Crippen LogP contribution in [0, 0.1) is 0 Å². The van der Waals surface area contributed by atoms with Crippen LogP contribution in [0.1, 0.15) is 5.69 Å². The lowest BCUT2D eigenvalue weighted by Gasteiger charge is -2.07. The van der Waals surface area contributed by atoms with Gasteiger partial charge >= 0.3 is 6.18 Å². The highest BCUT2D eigenvalue weighted by Gasteiger charge is 2.34. The number of hydrogen-bond acceptors (Lipinski definition) is 6. The van der Waals surface area contributed by atoms with Crippen molar-refractivity contribution in [2.75, 3.05) is 0 Å². The molecule has 0 fully saturated rings. The molecule has 0 saturated carbocycles. The fourth-order valence-electron chi connectivity index (χ4n) is 1.73. The van der Waals surface area contributed by atoms with Crippen molar-refractivity contribution in [3.05, 3.63) is 47.5 Å². The summed E-state index contributed by atoms with van der Waals surface area (Å²) in [6, 6.07) is 10.2. The minimum atomic E-state index is -4.52. The molecule has 5 nitrogen and oxygen atoms in total. The smallest absolute Gasteiger partial charge is 0.434 e. The molecule has 124 valence electrons. The van der Waals surface area contributed by atoms with E-state index in [9.17, 15) is 13.2 Å². The van der Waals surface area contributed by atoms with Crippen molar-refractivity contribution in [3.8, 4) is 28.3 Å². The standard InChI is InChI=1S/C14H9F3N3O2PS/c15-14(16,17)9-7-24-13(18-9)12-19-10(6-11(20-12)22-23)21-8-4-2-1-3-5-8/h1-7H,23H2. The van der Waals surface area contributed by atoms with Gasteiger partial charge in [-0.25, -0.2) is 4.98 Å². The molecule has 3 rings (SSSR count). The Hall–Kier alpha value is -2.25. The van der Waals surface area contributed by atoms with Crippen molar-refractivity contribution in [3.63, 3.8) is 0 Å². The Bertz CT molecular complexity index is 843. The monoisotopic (exact) mass is 371 g/mol. The minimum absolute atomic E-state index is 0.0126. The van der Waals surface area contributed by atoms with Gasteiger partial charge in [-0.15, -0.1) is 11.3 Å². The molecule has 1 unspecified atom stereocenters. The van der Waals surface area contributed by atoms with Crippen molar-refractivity contribution in [2.24, 2.45) is 0 Å². The largest absolute Gasteiger partial charge is 0.463 e. The van der Waals surface area contributed by atoms with Crippen LogP contribution >= 0.6 is 20.8 Å². The Morgan fingerprint density at radius 2 is 1.71 bits per heavy atom. The van der Waals surface area contributed by atoms with E-state index in [1.54, 1.807) is 24.3 Å². The van der Waals surface area contributed by atoms with Gasteiger partial charge in [-0.2, -0.15) is 23.1 Å². The first kappa shape index (κ1) is 16.6.